The van der Waals surface area contributed by atoms with Crippen LogP contribution in [0.25, 0.3) is 0 Å². The minimum atomic E-state index is 0.195. The first kappa shape index (κ1) is 8.43. The van der Waals surface area contributed by atoms with E-state index in [1.54, 1.807) is 0 Å². The highest BCUT2D eigenvalue weighted by Gasteiger charge is 1.91. The maximum atomic E-state index is 9.45. The molecule has 0 atom stereocenters. The molecule has 0 saturated heterocycles. The minimum Gasteiger partial charge on any atom is -0.455 e. The van der Waals surface area contributed by atoms with Gasteiger partial charge < -0.3 is 9.47 Å². The van der Waals surface area contributed by atoms with Gasteiger partial charge in [-0.05, 0) is 13.8 Å². The minimum absolute atomic E-state index is 0.195. The molecule has 1 radical (unpaired) electrons. The fourth-order valence-electron chi connectivity index (χ4n) is 0.367. The smallest absolute Gasteiger partial charge is 0.417 e. The molecule has 9 heavy (non-hydrogen) atoms. The molecular formula is C6H11O3. The summed E-state index contributed by atoms with van der Waals surface area (Å²) in [6, 6.07) is 0. The zero-order chi connectivity index (χ0) is 7.11. The SMILES string of the molecule is CC(C)OCCO[C]=O. The van der Waals surface area contributed by atoms with Crippen LogP contribution in [0.2, 0.25) is 0 Å². The second-order valence-corrected chi connectivity index (χ2v) is 1.85. The van der Waals surface area contributed by atoms with Crippen molar-refractivity contribution in [1.29, 1.82) is 0 Å². The molecule has 3 nitrogen and oxygen atoms in total. The van der Waals surface area contributed by atoms with Crippen molar-refractivity contribution in [2.24, 2.45) is 0 Å². The van der Waals surface area contributed by atoms with Gasteiger partial charge in [0.15, 0.2) is 0 Å². The third-order valence-corrected chi connectivity index (χ3v) is 0.696. The van der Waals surface area contributed by atoms with Crippen molar-refractivity contribution in [3.8, 4) is 0 Å². The molecule has 0 N–H and O–H groups in total. The molecule has 0 heterocycles. The Balaban J connectivity index is 2.82. The summed E-state index contributed by atoms with van der Waals surface area (Å²) in [6.07, 6.45) is 0.195. The van der Waals surface area contributed by atoms with Crippen LogP contribution in [-0.4, -0.2) is 25.8 Å². The summed E-state index contributed by atoms with van der Waals surface area (Å²) >= 11 is 0. The van der Waals surface area contributed by atoms with Gasteiger partial charge in [-0.3, -0.25) is 0 Å². The largest absolute Gasteiger partial charge is 0.455 e. The first-order valence-electron chi connectivity index (χ1n) is 2.88. The van der Waals surface area contributed by atoms with Gasteiger partial charge in [0, 0.05) is 0 Å². The van der Waals surface area contributed by atoms with Crippen LogP contribution in [0.3, 0.4) is 0 Å². The summed E-state index contributed by atoms with van der Waals surface area (Å²) in [5.74, 6) is 0. The Labute approximate surface area is 55.0 Å². The van der Waals surface area contributed by atoms with Gasteiger partial charge in [0.25, 0.3) is 0 Å². The van der Waals surface area contributed by atoms with Gasteiger partial charge in [0.1, 0.15) is 6.61 Å². The standard InChI is InChI=1S/C6H11O3/c1-6(2)9-4-3-8-5-7/h6H,3-4H2,1-2H3. The molecule has 0 amide bonds. The van der Waals surface area contributed by atoms with E-state index in [1.165, 1.54) is 6.47 Å². The van der Waals surface area contributed by atoms with Crippen LogP contribution in [0.5, 0.6) is 0 Å². The Morgan fingerprint density at radius 1 is 1.44 bits per heavy atom. The summed E-state index contributed by atoms with van der Waals surface area (Å²) in [4.78, 5) is 9.45. The van der Waals surface area contributed by atoms with Gasteiger partial charge in [0.05, 0.1) is 12.7 Å². The molecule has 0 fully saturated rings. The van der Waals surface area contributed by atoms with Crippen LogP contribution in [-0.2, 0) is 14.3 Å². The van der Waals surface area contributed by atoms with E-state index in [0.717, 1.165) is 0 Å². The molecule has 0 aliphatic rings. The van der Waals surface area contributed by atoms with E-state index in [2.05, 4.69) is 4.74 Å². The van der Waals surface area contributed by atoms with Crippen LogP contribution >= 0.6 is 0 Å². The molecule has 0 unspecified atom stereocenters. The maximum absolute atomic E-state index is 9.45. The summed E-state index contributed by atoms with van der Waals surface area (Å²) < 4.78 is 9.29. The third-order valence-electron chi connectivity index (χ3n) is 0.696. The summed E-state index contributed by atoms with van der Waals surface area (Å²) in [5.41, 5.74) is 0. The topological polar surface area (TPSA) is 35.5 Å². The van der Waals surface area contributed by atoms with Crippen molar-refractivity contribution in [3.05, 3.63) is 0 Å². The summed E-state index contributed by atoms with van der Waals surface area (Å²) in [6.45, 7) is 5.90. The van der Waals surface area contributed by atoms with Crippen molar-refractivity contribution in [3.63, 3.8) is 0 Å². The van der Waals surface area contributed by atoms with Crippen LogP contribution in [0, 0.1) is 0 Å². The number of carbonyl (C=O) groups excluding carboxylic acids is 1. The molecule has 0 spiro atoms. The van der Waals surface area contributed by atoms with Gasteiger partial charge >= 0.3 is 6.47 Å². The van der Waals surface area contributed by atoms with Gasteiger partial charge in [-0.15, -0.1) is 0 Å². The van der Waals surface area contributed by atoms with E-state index in [9.17, 15) is 4.79 Å². The van der Waals surface area contributed by atoms with E-state index in [4.69, 9.17) is 4.74 Å². The lowest BCUT2D eigenvalue weighted by Crippen LogP contribution is -2.08. The van der Waals surface area contributed by atoms with Crippen LogP contribution in [0.15, 0.2) is 0 Å². The number of ether oxygens (including phenoxy) is 2. The Hall–Kier alpha value is -0.570. The first-order valence-corrected chi connectivity index (χ1v) is 2.88. The molecule has 0 rings (SSSR count). The zero-order valence-corrected chi connectivity index (χ0v) is 5.72. The fourth-order valence-corrected chi connectivity index (χ4v) is 0.367. The highest BCUT2D eigenvalue weighted by Crippen LogP contribution is 1.85. The molecule has 0 aromatic rings. The second kappa shape index (κ2) is 5.56. The van der Waals surface area contributed by atoms with Gasteiger partial charge in [-0.2, -0.15) is 0 Å². The van der Waals surface area contributed by atoms with E-state index >= 15 is 0 Å². The van der Waals surface area contributed by atoms with Crippen molar-refractivity contribution >= 4 is 6.47 Å². The van der Waals surface area contributed by atoms with Crippen molar-refractivity contribution in [2.45, 2.75) is 20.0 Å². The highest BCUT2D eigenvalue weighted by atomic mass is 16.5. The molecule has 53 valence electrons. The predicted octanol–water partition coefficient (Wildman–Crippen LogP) is 0.495. The highest BCUT2D eigenvalue weighted by molar-refractivity contribution is 5.37. The van der Waals surface area contributed by atoms with E-state index in [0.29, 0.717) is 13.2 Å². The molecular weight excluding hydrogens is 120 g/mol. The molecule has 0 bridgehead atoms. The Kier molecular flexibility index (Phi) is 5.21. The van der Waals surface area contributed by atoms with Crippen LogP contribution in [0.4, 0.5) is 0 Å². The van der Waals surface area contributed by atoms with Crippen molar-refractivity contribution < 1.29 is 14.3 Å². The normalized spacial score (nSPS) is 9.67. The number of hydrogen-bond donors (Lipinski definition) is 0. The molecule has 0 saturated carbocycles. The molecule has 3 heteroatoms. The first-order chi connectivity index (χ1) is 4.27. The molecule has 0 aromatic heterocycles. The molecule has 0 aliphatic carbocycles. The van der Waals surface area contributed by atoms with Crippen LogP contribution < -0.4 is 0 Å². The van der Waals surface area contributed by atoms with Gasteiger partial charge in [-0.1, -0.05) is 0 Å². The third kappa shape index (κ3) is 7.43. The zero-order valence-electron chi connectivity index (χ0n) is 5.72. The van der Waals surface area contributed by atoms with E-state index in [1.807, 2.05) is 13.8 Å². The monoisotopic (exact) mass is 131 g/mol. The van der Waals surface area contributed by atoms with Gasteiger partial charge in [0.2, 0.25) is 0 Å². The number of hydrogen-bond acceptors (Lipinski definition) is 3. The fraction of sp³-hybridized carbons (Fsp3) is 0.833. The van der Waals surface area contributed by atoms with Crippen molar-refractivity contribution in [2.75, 3.05) is 13.2 Å². The summed E-state index contributed by atoms with van der Waals surface area (Å²) in [5, 5.41) is 0. The average Bonchev–Trinajstić information content (AvgIpc) is 1.80. The van der Waals surface area contributed by atoms with Crippen LogP contribution in [0.1, 0.15) is 13.8 Å². The van der Waals surface area contributed by atoms with Gasteiger partial charge in [-0.25, -0.2) is 4.79 Å². The second-order valence-electron chi connectivity index (χ2n) is 1.85. The van der Waals surface area contributed by atoms with E-state index < -0.39 is 0 Å². The quantitative estimate of drug-likeness (QED) is 0.509. The Morgan fingerprint density at radius 3 is 2.56 bits per heavy atom. The Morgan fingerprint density at radius 2 is 2.11 bits per heavy atom. The lowest BCUT2D eigenvalue weighted by atomic mass is 10.5. The average molecular weight is 131 g/mol. The lowest BCUT2D eigenvalue weighted by molar-refractivity contribution is 0.0516. The lowest BCUT2D eigenvalue weighted by Gasteiger charge is -2.04. The molecule has 0 aromatic carbocycles. The predicted molar refractivity (Wildman–Crippen MR) is 32.7 cm³/mol. The Bertz CT molecular complexity index is 70.7. The summed E-state index contributed by atoms with van der Waals surface area (Å²) in [7, 11) is 0. The molecule has 0 aliphatic heterocycles. The van der Waals surface area contributed by atoms with E-state index in [-0.39, 0.29) is 6.10 Å². The van der Waals surface area contributed by atoms with Crippen molar-refractivity contribution in [1.82, 2.24) is 0 Å². The number of rotatable bonds is 5. The maximum Gasteiger partial charge on any atom is 0.417 e.